The first-order valence-electron chi connectivity index (χ1n) is 23.4. The van der Waals surface area contributed by atoms with Gasteiger partial charge in [-0.2, -0.15) is 0 Å². The molecule has 0 aromatic carbocycles. The molecule has 0 aliphatic rings. The summed E-state index contributed by atoms with van der Waals surface area (Å²) in [5.74, 6) is -0.712. The number of hydrogen-bond donors (Lipinski definition) is 2. The second kappa shape index (κ2) is 43.0. The fourth-order valence-corrected chi connectivity index (χ4v) is 7.20. The van der Waals surface area contributed by atoms with Crippen molar-refractivity contribution in [3.05, 3.63) is 36.5 Å². The molecule has 0 spiro atoms. The van der Waals surface area contributed by atoms with Gasteiger partial charge < -0.3 is 20.1 Å². The summed E-state index contributed by atoms with van der Waals surface area (Å²) in [5.41, 5.74) is 5.35. The van der Waals surface area contributed by atoms with Crippen LogP contribution in [0.3, 0.4) is 0 Å². The van der Waals surface area contributed by atoms with Crippen LogP contribution >= 0.6 is 7.82 Å². The Labute approximate surface area is 354 Å². The standard InChI is InChI=1S/C47H86NO9P/c1-3-5-7-8-9-10-11-12-13-14-15-16-17-18-19-20-21-24-27-30-34-38-46(50)54-42-45(43-56-58(52,53)55-41-40-48)57-47(51)39-35-31-28-25-22-23-26-29-33-37-44(49)36-32-6-4-2/h12-13,26,29,33,37,45H,3-11,14-25,27-28,30-32,34-36,38-43,48H2,1-2H3,(H,52,53)/b13-12-,29-26-,37-33+/t45-/m1/s1. The maximum Gasteiger partial charge on any atom is 0.472 e. The molecule has 1 unspecified atom stereocenters. The van der Waals surface area contributed by atoms with Crippen LogP contribution in [-0.2, 0) is 37.5 Å². The Bertz CT molecular complexity index is 1110. The predicted molar refractivity (Wildman–Crippen MR) is 239 cm³/mol. The van der Waals surface area contributed by atoms with Gasteiger partial charge in [0, 0.05) is 25.8 Å². The van der Waals surface area contributed by atoms with E-state index in [0.29, 0.717) is 12.8 Å². The SMILES string of the molecule is CCCCCCCC/C=C\CCCCCCCCCCCCCC(=O)OC[C@H](COP(=O)(O)OCCN)OC(=O)CCCCCCC/C=C\C=C\C(=O)CCCCC. The molecule has 0 heterocycles. The zero-order valence-electron chi connectivity index (χ0n) is 37.0. The van der Waals surface area contributed by atoms with Gasteiger partial charge in [0.15, 0.2) is 11.9 Å². The maximum absolute atomic E-state index is 12.6. The van der Waals surface area contributed by atoms with Crippen LogP contribution in [0.1, 0.15) is 213 Å². The molecular weight excluding hydrogens is 753 g/mol. The van der Waals surface area contributed by atoms with Gasteiger partial charge in [-0.1, -0.05) is 166 Å². The van der Waals surface area contributed by atoms with Gasteiger partial charge in [-0.15, -0.1) is 0 Å². The van der Waals surface area contributed by atoms with Crippen LogP contribution in [0.5, 0.6) is 0 Å². The smallest absolute Gasteiger partial charge is 0.462 e. The van der Waals surface area contributed by atoms with E-state index in [1.54, 1.807) is 6.08 Å². The maximum atomic E-state index is 12.6. The third-order valence-electron chi connectivity index (χ3n) is 9.97. The molecule has 2 atom stereocenters. The van der Waals surface area contributed by atoms with Gasteiger partial charge in [0.2, 0.25) is 0 Å². The Morgan fingerprint density at radius 2 is 1.00 bits per heavy atom. The predicted octanol–water partition coefficient (Wildman–Crippen LogP) is 12.9. The van der Waals surface area contributed by atoms with Crippen molar-refractivity contribution in [2.24, 2.45) is 5.73 Å². The molecule has 0 aliphatic heterocycles. The molecule has 0 bridgehead atoms. The Morgan fingerprint density at radius 3 is 1.53 bits per heavy atom. The largest absolute Gasteiger partial charge is 0.472 e. The van der Waals surface area contributed by atoms with E-state index >= 15 is 0 Å². The average Bonchev–Trinajstić information content (AvgIpc) is 3.20. The normalized spacial score (nSPS) is 13.4. The lowest BCUT2D eigenvalue weighted by Gasteiger charge is -2.19. The van der Waals surface area contributed by atoms with Crippen molar-refractivity contribution in [1.82, 2.24) is 0 Å². The molecule has 0 rings (SSSR count). The van der Waals surface area contributed by atoms with E-state index in [-0.39, 0.29) is 38.4 Å². The fourth-order valence-electron chi connectivity index (χ4n) is 6.43. The molecule has 0 aromatic rings. The van der Waals surface area contributed by atoms with Crippen molar-refractivity contribution < 1.29 is 42.4 Å². The summed E-state index contributed by atoms with van der Waals surface area (Å²) < 4.78 is 32.8. The summed E-state index contributed by atoms with van der Waals surface area (Å²) in [6.45, 7) is 3.53. The summed E-state index contributed by atoms with van der Waals surface area (Å²) in [7, 11) is -4.40. The van der Waals surface area contributed by atoms with Crippen molar-refractivity contribution in [2.75, 3.05) is 26.4 Å². The van der Waals surface area contributed by atoms with Gasteiger partial charge in [0.25, 0.3) is 0 Å². The van der Waals surface area contributed by atoms with Crippen LogP contribution in [-0.4, -0.2) is 55.1 Å². The molecule has 338 valence electrons. The van der Waals surface area contributed by atoms with Gasteiger partial charge >= 0.3 is 19.8 Å². The number of ketones is 1. The third-order valence-corrected chi connectivity index (χ3v) is 11.0. The van der Waals surface area contributed by atoms with Crippen molar-refractivity contribution in [2.45, 2.75) is 219 Å². The number of phosphoric ester groups is 1. The summed E-state index contributed by atoms with van der Waals surface area (Å²) in [6.07, 6.45) is 44.4. The zero-order chi connectivity index (χ0) is 42.6. The molecule has 0 aliphatic carbocycles. The van der Waals surface area contributed by atoms with Crippen LogP contribution in [0.25, 0.3) is 0 Å². The highest BCUT2D eigenvalue weighted by Crippen LogP contribution is 2.43. The number of allylic oxidation sites excluding steroid dienone is 6. The first kappa shape index (κ1) is 55.9. The number of carbonyl (C=O) groups excluding carboxylic acids is 3. The zero-order valence-corrected chi connectivity index (χ0v) is 37.9. The van der Waals surface area contributed by atoms with E-state index in [1.807, 2.05) is 12.2 Å². The van der Waals surface area contributed by atoms with Gasteiger partial charge in [0.1, 0.15) is 6.61 Å². The van der Waals surface area contributed by atoms with Crippen LogP contribution in [0.4, 0.5) is 0 Å². The highest BCUT2D eigenvalue weighted by Gasteiger charge is 2.26. The molecule has 0 fully saturated rings. The first-order valence-corrected chi connectivity index (χ1v) is 24.9. The van der Waals surface area contributed by atoms with E-state index in [1.165, 1.54) is 103 Å². The first-order chi connectivity index (χ1) is 28.2. The summed E-state index contributed by atoms with van der Waals surface area (Å²) >= 11 is 0. The molecule has 0 radical (unpaired) electrons. The highest BCUT2D eigenvalue weighted by molar-refractivity contribution is 7.47. The van der Waals surface area contributed by atoms with Gasteiger partial charge in [-0.3, -0.25) is 23.4 Å². The number of phosphoric acid groups is 1. The van der Waals surface area contributed by atoms with Crippen LogP contribution < -0.4 is 5.73 Å². The van der Waals surface area contributed by atoms with E-state index in [9.17, 15) is 23.8 Å². The van der Waals surface area contributed by atoms with Crippen molar-refractivity contribution in [3.63, 3.8) is 0 Å². The van der Waals surface area contributed by atoms with E-state index in [2.05, 4.69) is 32.1 Å². The molecule has 11 heteroatoms. The highest BCUT2D eigenvalue weighted by atomic mass is 31.2. The second-order valence-electron chi connectivity index (χ2n) is 15.7. The van der Waals surface area contributed by atoms with E-state index in [4.69, 9.17) is 24.3 Å². The summed E-state index contributed by atoms with van der Waals surface area (Å²) in [6, 6.07) is 0. The van der Waals surface area contributed by atoms with Crippen LogP contribution in [0.2, 0.25) is 0 Å². The quantitative estimate of drug-likeness (QED) is 0.0151. The number of nitrogens with two attached hydrogens (primary N) is 1. The monoisotopic (exact) mass is 840 g/mol. The topological polar surface area (TPSA) is 151 Å². The van der Waals surface area contributed by atoms with E-state index in [0.717, 1.165) is 70.6 Å². The Kier molecular flexibility index (Phi) is 41.4. The van der Waals surface area contributed by atoms with Gasteiger partial charge in [-0.05, 0) is 63.9 Å². The van der Waals surface area contributed by atoms with Crippen LogP contribution in [0, 0.1) is 0 Å². The second-order valence-corrected chi connectivity index (χ2v) is 17.1. The molecular formula is C47H86NO9P. The van der Waals surface area contributed by atoms with Crippen molar-refractivity contribution >= 4 is 25.5 Å². The summed E-state index contributed by atoms with van der Waals surface area (Å²) in [5, 5.41) is 0. The van der Waals surface area contributed by atoms with Crippen molar-refractivity contribution in [3.8, 4) is 0 Å². The van der Waals surface area contributed by atoms with Gasteiger partial charge in [-0.25, -0.2) is 4.57 Å². The Hall–Kier alpha value is -2.10. The molecule has 0 saturated carbocycles. The summed E-state index contributed by atoms with van der Waals surface area (Å²) in [4.78, 5) is 46.7. The number of hydrogen-bond acceptors (Lipinski definition) is 9. The molecule has 3 N–H and O–H groups in total. The Balaban J connectivity index is 4.12. The third kappa shape index (κ3) is 42.0. The molecule has 10 nitrogen and oxygen atoms in total. The lowest BCUT2D eigenvalue weighted by molar-refractivity contribution is -0.161. The molecule has 0 saturated heterocycles. The minimum atomic E-state index is -4.40. The number of carbonyl (C=O) groups is 3. The van der Waals surface area contributed by atoms with Gasteiger partial charge in [0.05, 0.1) is 13.2 Å². The van der Waals surface area contributed by atoms with Crippen LogP contribution in [0.15, 0.2) is 36.5 Å². The minimum absolute atomic E-state index is 0.0389. The minimum Gasteiger partial charge on any atom is -0.462 e. The number of unbranched alkanes of at least 4 members (excludes halogenated alkanes) is 24. The lowest BCUT2D eigenvalue weighted by atomic mass is 10.0. The van der Waals surface area contributed by atoms with E-state index < -0.39 is 32.5 Å². The molecule has 58 heavy (non-hydrogen) atoms. The number of esters is 2. The average molecular weight is 840 g/mol. The number of rotatable bonds is 44. The molecule has 0 aromatic heterocycles. The Morgan fingerprint density at radius 1 is 0.552 bits per heavy atom. The molecule has 0 amide bonds. The fraction of sp³-hybridized carbons (Fsp3) is 0.809. The number of ether oxygens (including phenoxy) is 2. The van der Waals surface area contributed by atoms with Crippen molar-refractivity contribution in [1.29, 1.82) is 0 Å². The lowest BCUT2D eigenvalue weighted by Crippen LogP contribution is -2.29.